The van der Waals surface area contributed by atoms with Crippen LogP contribution in [-0.2, 0) is 9.53 Å². The van der Waals surface area contributed by atoms with Gasteiger partial charge in [0.1, 0.15) is 11.8 Å². The van der Waals surface area contributed by atoms with Crippen molar-refractivity contribution in [1.29, 1.82) is 0 Å². The first-order chi connectivity index (χ1) is 10.2. The molecule has 1 rings (SSSR count). The maximum Gasteiger partial charge on any atom is 0.407 e. The van der Waals surface area contributed by atoms with Gasteiger partial charge in [-0.2, -0.15) is 0 Å². The summed E-state index contributed by atoms with van der Waals surface area (Å²) in [7, 11) is 0. The summed E-state index contributed by atoms with van der Waals surface area (Å²) in [6.45, 7) is 5.56. The Labute approximate surface area is 131 Å². The number of alkyl carbamates (subject to hydrolysis) is 1. The predicted octanol–water partition coefficient (Wildman–Crippen LogP) is 2.29. The third-order valence-corrected chi connectivity index (χ3v) is 3.03. The Balaban J connectivity index is 2.23. The Morgan fingerprint density at radius 3 is 2.68 bits per heavy atom. The molecule has 0 aliphatic heterocycles. The van der Waals surface area contributed by atoms with E-state index in [1.807, 2.05) is 0 Å². The van der Waals surface area contributed by atoms with Crippen LogP contribution in [0.2, 0.25) is 0 Å². The van der Waals surface area contributed by atoms with Crippen molar-refractivity contribution in [2.75, 3.05) is 11.9 Å². The van der Waals surface area contributed by atoms with Crippen LogP contribution in [0.15, 0.2) is 6.20 Å². The SMILES string of the molecule is CC(C)(C)OC(=O)NCCCC(=O)Nc1ncc([N+](=O)[O-])s1. The Morgan fingerprint density at radius 2 is 2.14 bits per heavy atom. The average molecular weight is 330 g/mol. The summed E-state index contributed by atoms with van der Waals surface area (Å²) in [5.41, 5.74) is -0.568. The highest BCUT2D eigenvalue weighted by atomic mass is 32.1. The molecule has 0 radical (unpaired) electrons. The van der Waals surface area contributed by atoms with E-state index in [0.29, 0.717) is 13.0 Å². The number of nitro groups is 1. The summed E-state index contributed by atoms with van der Waals surface area (Å²) in [4.78, 5) is 36.6. The Kier molecular flexibility index (Phi) is 6.23. The second-order valence-corrected chi connectivity index (χ2v) is 6.35. The third-order valence-electron chi connectivity index (χ3n) is 2.17. The number of hydrogen-bond acceptors (Lipinski definition) is 7. The van der Waals surface area contributed by atoms with Crippen LogP contribution in [0.5, 0.6) is 0 Å². The lowest BCUT2D eigenvalue weighted by molar-refractivity contribution is -0.380. The fraction of sp³-hybridized carbons (Fsp3) is 0.583. The monoisotopic (exact) mass is 330 g/mol. The molecule has 0 aliphatic carbocycles. The van der Waals surface area contributed by atoms with E-state index in [-0.39, 0.29) is 22.5 Å². The van der Waals surface area contributed by atoms with E-state index < -0.39 is 16.6 Å². The van der Waals surface area contributed by atoms with Crippen molar-refractivity contribution >= 4 is 33.5 Å². The minimum absolute atomic E-state index is 0.137. The van der Waals surface area contributed by atoms with Gasteiger partial charge in [0.2, 0.25) is 5.91 Å². The summed E-state index contributed by atoms with van der Waals surface area (Å²) in [6.07, 6.45) is 1.12. The Bertz CT molecular complexity index is 552. The minimum Gasteiger partial charge on any atom is -0.444 e. The fourth-order valence-electron chi connectivity index (χ4n) is 1.34. The molecule has 2 N–H and O–H groups in total. The highest BCUT2D eigenvalue weighted by molar-refractivity contribution is 7.18. The number of anilines is 1. The largest absolute Gasteiger partial charge is 0.444 e. The summed E-state index contributed by atoms with van der Waals surface area (Å²) in [6, 6.07) is 0. The van der Waals surface area contributed by atoms with Crippen LogP contribution in [0.1, 0.15) is 33.6 Å². The number of rotatable bonds is 6. The van der Waals surface area contributed by atoms with Crippen molar-refractivity contribution in [3.63, 3.8) is 0 Å². The van der Waals surface area contributed by atoms with Crippen molar-refractivity contribution in [2.24, 2.45) is 0 Å². The molecule has 122 valence electrons. The van der Waals surface area contributed by atoms with Gasteiger partial charge in [-0.15, -0.1) is 0 Å². The van der Waals surface area contributed by atoms with Crippen molar-refractivity contribution < 1.29 is 19.2 Å². The zero-order valence-electron chi connectivity index (χ0n) is 12.5. The molecule has 1 aromatic rings. The topological polar surface area (TPSA) is 123 Å². The lowest BCUT2D eigenvalue weighted by atomic mass is 10.2. The smallest absolute Gasteiger partial charge is 0.407 e. The lowest BCUT2D eigenvalue weighted by Gasteiger charge is -2.19. The van der Waals surface area contributed by atoms with Crippen molar-refractivity contribution in [2.45, 2.75) is 39.2 Å². The second-order valence-electron chi connectivity index (χ2n) is 5.34. The molecule has 1 heterocycles. The summed E-state index contributed by atoms with van der Waals surface area (Å²) >= 11 is 0.788. The van der Waals surface area contributed by atoms with Crippen LogP contribution in [0.3, 0.4) is 0 Å². The third kappa shape index (κ3) is 6.97. The van der Waals surface area contributed by atoms with Gasteiger partial charge < -0.3 is 15.4 Å². The molecule has 0 bridgehead atoms. The van der Waals surface area contributed by atoms with Gasteiger partial charge in [-0.1, -0.05) is 0 Å². The maximum absolute atomic E-state index is 11.6. The number of nitrogens with zero attached hydrogens (tertiary/aromatic N) is 2. The van der Waals surface area contributed by atoms with Crippen LogP contribution in [-0.4, -0.2) is 34.1 Å². The van der Waals surface area contributed by atoms with Gasteiger partial charge in [0.25, 0.3) is 0 Å². The van der Waals surface area contributed by atoms with Gasteiger partial charge >= 0.3 is 11.1 Å². The first-order valence-electron chi connectivity index (χ1n) is 6.54. The standard InChI is InChI=1S/C12H18N4O5S/c1-12(2,3)21-11(18)13-6-4-5-8(17)15-10-14-7-9(22-10)16(19)20/h7H,4-6H2,1-3H3,(H,13,18)(H,14,15,17). The lowest BCUT2D eigenvalue weighted by Crippen LogP contribution is -2.33. The van der Waals surface area contributed by atoms with Gasteiger partial charge in [0.05, 0.1) is 4.92 Å². The number of aromatic nitrogens is 1. The summed E-state index contributed by atoms with van der Waals surface area (Å²) < 4.78 is 5.04. The van der Waals surface area contributed by atoms with Crippen LogP contribution < -0.4 is 10.6 Å². The molecule has 0 unspecified atom stereocenters. The number of thiazole rings is 1. The van der Waals surface area contributed by atoms with E-state index in [4.69, 9.17) is 4.74 Å². The molecule has 10 heteroatoms. The number of ether oxygens (including phenoxy) is 1. The molecular formula is C12H18N4O5S. The molecule has 0 saturated heterocycles. The zero-order valence-corrected chi connectivity index (χ0v) is 13.4. The van der Waals surface area contributed by atoms with Crippen LogP contribution in [0, 0.1) is 10.1 Å². The van der Waals surface area contributed by atoms with E-state index in [1.165, 1.54) is 0 Å². The van der Waals surface area contributed by atoms with E-state index in [0.717, 1.165) is 17.5 Å². The molecule has 0 fully saturated rings. The van der Waals surface area contributed by atoms with Crippen molar-refractivity contribution in [1.82, 2.24) is 10.3 Å². The number of amides is 2. The van der Waals surface area contributed by atoms with Gasteiger partial charge in [0.15, 0.2) is 5.13 Å². The Morgan fingerprint density at radius 1 is 1.45 bits per heavy atom. The molecular weight excluding hydrogens is 312 g/mol. The number of carbonyl (C=O) groups is 2. The van der Waals surface area contributed by atoms with Gasteiger partial charge in [-0.25, -0.2) is 9.78 Å². The predicted molar refractivity (Wildman–Crippen MR) is 80.9 cm³/mol. The number of nitrogens with one attached hydrogen (secondary N) is 2. The molecule has 0 spiro atoms. The highest BCUT2D eigenvalue weighted by Gasteiger charge is 2.16. The Hall–Kier alpha value is -2.23. The first kappa shape index (κ1) is 17.8. The molecule has 0 saturated carbocycles. The van der Waals surface area contributed by atoms with Gasteiger partial charge in [-0.3, -0.25) is 14.9 Å². The minimum atomic E-state index is -0.571. The van der Waals surface area contributed by atoms with Gasteiger partial charge in [0, 0.05) is 13.0 Å². The van der Waals surface area contributed by atoms with Crippen molar-refractivity contribution in [3.05, 3.63) is 16.3 Å². The molecule has 2 amide bonds. The van der Waals surface area contributed by atoms with E-state index in [1.54, 1.807) is 20.8 Å². The average Bonchev–Trinajstić information content (AvgIpc) is 2.81. The first-order valence-corrected chi connectivity index (χ1v) is 7.36. The van der Waals surface area contributed by atoms with Crippen LogP contribution >= 0.6 is 11.3 Å². The fourth-order valence-corrected chi connectivity index (χ4v) is 1.99. The molecule has 0 atom stereocenters. The van der Waals surface area contributed by atoms with Gasteiger partial charge in [-0.05, 0) is 38.5 Å². The molecule has 0 aliphatic rings. The van der Waals surface area contributed by atoms with E-state index in [2.05, 4.69) is 15.6 Å². The van der Waals surface area contributed by atoms with Crippen LogP contribution in [0.25, 0.3) is 0 Å². The van der Waals surface area contributed by atoms with Crippen molar-refractivity contribution in [3.8, 4) is 0 Å². The molecule has 22 heavy (non-hydrogen) atoms. The highest BCUT2D eigenvalue weighted by Crippen LogP contribution is 2.24. The number of hydrogen-bond donors (Lipinski definition) is 2. The zero-order chi connectivity index (χ0) is 16.8. The number of carbonyl (C=O) groups excluding carboxylic acids is 2. The maximum atomic E-state index is 11.6. The normalized spacial score (nSPS) is 10.9. The van der Waals surface area contributed by atoms with E-state index >= 15 is 0 Å². The second kappa shape index (κ2) is 7.69. The quantitative estimate of drug-likeness (QED) is 0.468. The van der Waals surface area contributed by atoms with E-state index in [9.17, 15) is 19.7 Å². The summed E-state index contributed by atoms with van der Waals surface area (Å²) in [5.74, 6) is -0.324. The molecule has 9 nitrogen and oxygen atoms in total. The molecule has 1 aromatic heterocycles. The summed E-state index contributed by atoms with van der Waals surface area (Å²) in [5, 5.41) is 15.5. The van der Waals surface area contributed by atoms with Crippen LogP contribution in [0.4, 0.5) is 14.9 Å². The molecule has 0 aromatic carbocycles.